The average molecular weight is 260 g/mol. The number of hydrogen-bond donors (Lipinski definition) is 2. The Balaban J connectivity index is 3.78. The summed E-state index contributed by atoms with van der Waals surface area (Å²) in [7, 11) is 0. The van der Waals surface area contributed by atoms with Gasteiger partial charge in [0.1, 0.15) is 0 Å². The molecule has 5 heteroatoms. The zero-order valence-electron chi connectivity index (χ0n) is 10.9. The number of alkyl halides is 3. The van der Waals surface area contributed by atoms with Crippen LogP contribution in [-0.4, -0.2) is 0 Å². The zero-order chi connectivity index (χ0) is 14.1. The SMILES string of the molecule is CCc1c(N)c(CC)c(C(F)(F)F)c(CC)c1N. The quantitative estimate of drug-likeness (QED) is 0.816. The van der Waals surface area contributed by atoms with Gasteiger partial charge in [0, 0.05) is 11.4 Å². The molecule has 102 valence electrons. The summed E-state index contributed by atoms with van der Waals surface area (Å²) < 4.78 is 39.5. The van der Waals surface area contributed by atoms with Gasteiger partial charge in [0.05, 0.1) is 5.56 Å². The second kappa shape index (κ2) is 5.08. The Labute approximate surface area is 105 Å². The third kappa shape index (κ3) is 2.26. The van der Waals surface area contributed by atoms with E-state index in [9.17, 15) is 13.2 Å². The van der Waals surface area contributed by atoms with Crippen LogP contribution in [0.4, 0.5) is 24.5 Å². The molecule has 0 bridgehead atoms. The molecule has 0 fully saturated rings. The molecular formula is C13H19F3N2. The molecule has 1 aromatic carbocycles. The maximum absolute atomic E-state index is 13.2. The van der Waals surface area contributed by atoms with E-state index < -0.39 is 11.7 Å². The van der Waals surface area contributed by atoms with Gasteiger partial charge in [-0.3, -0.25) is 0 Å². The summed E-state index contributed by atoms with van der Waals surface area (Å²) >= 11 is 0. The topological polar surface area (TPSA) is 52.0 Å². The third-order valence-electron chi connectivity index (χ3n) is 3.25. The van der Waals surface area contributed by atoms with Gasteiger partial charge in [-0.25, -0.2) is 0 Å². The van der Waals surface area contributed by atoms with Gasteiger partial charge < -0.3 is 11.5 Å². The summed E-state index contributed by atoms with van der Waals surface area (Å²) in [4.78, 5) is 0. The first kappa shape index (κ1) is 14.7. The predicted octanol–water partition coefficient (Wildman–Crippen LogP) is 3.56. The van der Waals surface area contributed by atoms with Crippen molar-refractivity contribution in [2.75, 3.05) is 11.5 Å². The summed E-state index contributed by atoms with van der Waals surface area (Å²) in [5.74, 6) is 0. The van der Waals surface area contributed by atoms with Crippen molar-refractivity contribution in [3.63, 3.8) is 0 Å². The lowest BCUT2D eigenvalue weighted by atomic mass is 9.89. The molecule has 0 aliphatic heterocycles. The van der Waals surface area contributed by atoms with E-state index in [0.717, 1.165) is 0 Å². The molecule has 0 amide bonds. The summed E-state index contributed by atoms with van der Waals surface area (Å²) in [6.07, 6.45) is -3.37. The Morgan fingerprint density at radius 1 is 0.778 bits per heavy atom. The Kier molecular flexibility index (Phi) is 4.14. The Hall–Kier alpha value is -1.39. The van der Waals surface area contributed by atoms with Gasteiger partial charge in [-0.1, -0.05) is 20.8 Å². The third-order valence-corrected chi connectivity index (χ3v) is 3.25. The van der Waals surface area contributed by atoms with Crippen molar-refractivity contribution in [1.82, 2.24) is 0 Å². The van der Waals surface area contributed by atoms with Crippen LogP contribution in [-0.2, 0) is 25.4 Å². The van der Waals surface area contributed by atoms with Crippen LogP contribution in [0.1, 0.15) is 43.0 Å². The van der Waals surface area contributed by atoms with Crippen LogP contribution in [0, 0.1) is 0 Å². The molecule has 4 N–H and O–H groups in total. The van der Waals surface area contributed by atoms with E-state index in [-0.39, 0.29) is 35.3 Å². The van der Waals surface area contributed by atoms with Gasteiger partial charge in [-0.05, 0) is 36.0 Å². The highest BCUT2D eigenvalue weighted by Crippen LogP contribution is 2.42. The minimum absolute atomic E-state index is 0.172. The van der Waals surface area contributed by atoms with Gasteiger partial charge in [-0.2, -0.15) is 13.2 Å². The van der Waals surface area contributed by atoms with Gasteiger partial charge >= 0.3 is 6.18 Å². The normalized spacial score (nSPS) is 11.9. The Morgan fingerprint density at radius 2 is 1.11 bits per heavy atom. The van der Waals surface area contributed by atoms with E-state index >= 15 is 0 Å². The standard InChI is InChI=1S/C13H19F3N2/c1-4-7-10(13(14,15)16)8(5-2)12(18)9(6-3)11(7)17/h4-6,17-18H2,1-3H3. The molecule has 0 aliphatic rings. The van der Waals surface area contributed by atoms with Crippen molar-refractivity contribution in [3.05, 3.63) is 22.3 Å². The fourth-order valence-electron chi connectivity index (χ4n) is 2.42. The van der Waals surface area contributed by atoms with E-state index in [1.165, 1.54) is 0 Å². The van der Waals surface area contributed by atoms with Gasteiger partial charge in [0.25, 0.3) is 0 Å². The first-order chi connectivity index (χ1) is 8.29. The zero-order valence-corrected chi connectivity index (χ0v) is 10.9. The molecule has 2 nitrogen and oxygen atoms in total. The molecule has 0 spiro atoms. The second-order valence-electron chi connectivity index (χ2n) is 4.20. The van der Waals surface area contributed by atoms with Crippen molar-refractivity contribution in [2.45, 2.75) is 46.2 Å². The largest absolute Gasteiger partial charge is 0.417 e. The van der Waals surface area contributed by atoms with Crippen molar-refractivity contribution in [2.24, 2.45) is 0 Å². The molecule has 0 aromatic heterocycles. The van der Waals surface area contributed by atoms with Crippen LogP contribution < -0.4 is 11.5 Å². The lowest BCUT2D eigenvalue weighted by molar-refractivity contribution is -0.138. The Bertz CT molecular complexity index is 420. The number of nitrogens with two attached hydrogens (primary N) is 2. The predicted molar refractivity (Wildman–Crippen MR) is 68.4 cm³/mol. The molecule has 0 radical (unpaired) electrons. The van der Waals surface area contributed by atoms with Crippen molar-refractivity contribution < 1.29 is 13.2 Å². The highest BCUT2D eigenvalue weighted by Gasteiger charge is 2.37. The number of nitrogen functional groups attached to an aromatic ring is 2. The molecule has 18 heavy (non-hydrogen) atoms. The van der Waals surface area contributed by atoms with Crippen LogP contribution in [0.5, 0.6) is 0 Å². The van der Waals surface area contributed by atoms with Crippen molar-refractivity contribution in [1.29, 1.82) is 0 Å². The van der Waals surface area contributed by atoms with Crippen LogP contribution >= 0.6 is 0 Å². The maximum atomic E-state index is 13.2. The van der Waals surface area contributed by atoms with Crippen LogP contribution in [0.2, 0.25) is 0 Å². The van der Waals surface area contributed by atoms with Gasteiger partial charge in [-0.15, -0.1) is 0 Å². The molecule has 1 rings (SSSR count). The summed E-state index contributed by atoms with van der Waals surface area (Å²) in [5.41, 5.74) is 12.4. The van der Waals surface area contributed by atoms with Gasteiger partial charge in [0.2, 0.25) is 0 Å². The maximum Gasteiger partial charge on any atom is 0.417 e. The molecule has 0 aliphatic carbocycles. The Morgan fingerprint density at radius 3 is 1.33 bits per heavy atom. The van der Waals surface area contributed by atoms with E-state index in [2.05, 4.69) is 0 Å². The first-order valence-corrected chi connectivity index (χ1v) is 6.08. The molecule has 0 atom stereocenters. The molecule has 0 unspecified atom stereocenters. The van der Waals surface area contributed by atoms with Crippen LogP contribution in [0.3, 0.4) is 0 Å². The second-order valence-corrected chi connectivity index (χ2v) is 4.20. The van der Waals surface area contributed by atoms with Crippen molar-refractivity contribution >= 4 is 11.4 Å². The minimum Gasteiger partial charge on any atom is -0.398 e. The number of rotatable bonds is 3. The lowest BCUT2D eigenvalue weighted by Crippen LogP contribution is -2.18. The summed E-state index contributed by atoms with van der Waals surface area (Å²) in [5, 5.41) is 0. The van der Waals surface area contributed by atoms with E-state index in [1.807, 2.05) is 6.92 Å². The average Bonchev–Trinajstić information content (AvgIpc) is 2.27. The molecular weight excluding hydrogens is 241 g/mol. The van der Waals surface area contributed by atoms with Crippen LogP contribution in [0.25, 0.3) is 0 Å². The lowest BCUT2D eigenvalue weighted by Gasteiger charge is -2.23. The molecule has 0 heterocycles. The van der Waals surface area contributed by atoms with E-state index in [1.54, 1.807) is 13.8 Å². The van der Waals surface area contributed by atoms with E-state index in [4.69, 9.17) is 11.5 Å². The number of anilines is 2. The fourth-order valence-corrected chi connectivity index (χ4v) is 2.42. The number of halogens is 3. The number of benzene rings is 1. The smallest absolute Gasteiger partial charge is 0.398 e. The minimum atomic E-state index is -4.41. The fraction of sp³-hybridized carbons (Fsp3) is 0.538. The monoisotopic (exact) mass is 260 g/mol. The highest BCUT2D eigenvalue weighted by atomic mass is 19.4. The summed E-state index contributed by atoms with van der Waals surface area (Å²) in [6, 6.07) is 0. The van der Waals surface area contributed by atoms with E-state index in [0.29, 0.717) is 12.0 Å². The molecule has 0 saturated heterocycles. The number of hydrogen-bond acceptors (Lipinski definition) is 2. The molecule has 1 aromatic rings. The summed E-state index contributed by atoms with van der Waals surface area (Å²) in [6.45, 7) is 5.19. The highest BCUT2D eigenvalue weighted by molar-refractivity contribution is 5.73. The van der Waals surface area contributed by atoms with Gasteiger partial charge in [0.15, 0.2) is 0 Å². The van der Waals surface area contributed by atoms with Crippen molar-refractivity contribution in [3.8, 4) is 0 Å². The van der Waals surface area contributed by atoms with Crippen LogP contribution in [0.15, 0.2) is 0 Å². The first-order valence-electron chi connectivity index (χ1n) is 6.08. The molecule has 0 saturated carbocycles.